The largest absolute Gasteiger partial charge is 0.484 e. The number of benzene rings is 2. The van der Waals surface area contributed by atoms with Crippen LogP contribution in [0.3, 0.4) is 0 Å². The smallest absolute Gasteiger partial charge is 0.259 e. The van der Waals surface area contributed by atoms with E-state index in [1.807, 2.05) is 0 Å². The highest BCUT2D eigenvalue weighted by Crippen LogP contribution is 2.20. The summed E-state index contributed by atoms with van der Waals surface area (Å²) in [6, 6.07) is 13.0. The quantitative estimate of drug-likeness (QED) is 0.718. The molecule has 2 aromatic carbocycles. The standard InChI is InChI=1S/C19H21FN2O3S/c1-22(2)19(24)13-25-16-7-5-15(6-8-16)21-18(23)11-12-26-17-9-3-14(20)4-10-17/h3-10H,11-13H2,1-2H3,(H,21,23). The minimum Gasteiger partial charge on any atom is -0.484 e. The number of thioether (sulfide) groups is 1. The SMILES string of the molecule is CN(C)C(=O)COc1ccc(NC(=O)CCSc2ccc(F)cc2)cc1. The second-order valence-corrected chi connectivity index (χ2v) is 6.87. The number of likely N-dealkylation sites (N-methyl/N-ethyl adjacent to an activating group) is 1. The molecule has 0 aliphatic carbocycles. The van der Waals surface area contributed by atoms with E-state index in [4.69, 9.17) is 4.74 Å². The van der Waals surface area contributed by atoms with Gasteiger partial charge in [0.05, 0.1) is 0 Å². The van der Waals surface area contributed by atoms with Crippen molar-refractivity contribution >= 4 is 29.3 Å². The first kappa shape index (κ1) is 19.8. The lowest BCUT2D eigenvalue weighted by molar-refractivity contribution is -0.130. The third kappa shape index (κ3) is 6.76. The molecule has 26 heavy (non-hydrogen) atoms. The Morgan fingerprint density at radius 2 is 1.73 bits per heavy atom. The van der Waals surface area contributed by atoms with E-state index in [0.717, 1.165) is 4.90 Å². The molecule has 2 aromatic rings. The molecule has 0 fully saturated rings. The fraction of sp³-hybridized carbons (Fsp3) is 0.263. The highest BCUT2D eigenvalue weighted by Gasteiger charge is 2.06. The molecule has 0 unspecified atom stereocenters. The molecule has 0 aliphatic heterocycles. The van der Waals surface area contributed by atoms with Crippen molar-refractivity contribution in [3.8, 4) is 5.75 Å². The Bertz CT molecular complexity index is 733. The van der Waals surface area contributed by atoms with E-state index in [2.05, 4.69) is 5.32 Å². The number of carbonyl (C=O) groups excluding carboxylic acids is 2. The third-order valence-electron chi connectivity index (χ3n) is 3.41. The van der Waals surface area contributed by atoms with Crippen molar-refractivity contribution in [3.63, 3.8) is 0 Å². The van der Waals surface area contributed by atoms with Crippen molar-refractivity contribution in [2.75, 3.05) is 31.8 Å². The van der Waals surface area contributed by atoms with Crippen LogP contribution in [0.2, 0.25) is 0 Å². The van der Waals surface area contributed by atoms with Crippen molar-refractivity contribution in [2.24, 2.45) is 0 Å². The van der Waals surface area contributed by atoms with Crippen molar-refractivity contribution in [1.82, 2.24) is 4.90 Å². The van der Waals surface area contributed by atoms with Crippen molar-refractivity contribution < 1.29 is 18.7 Å². The van der Waals surface area contributed by atoms with Gasteiger partial charge in [0, 0.05) is 36.9 Å². The van der Waals surface area contributed by atoms with Gasteiger partial charge in [-0.05, 0) is 48.5 Å². The molecular formula is C19H21FN2O3S. The Labute approximate surface area is 156 Å². The molecular weight excluding hydrogens is 355 g/mol. The summed E-state index contributed by atoms with van der Waals surface area (Å²) in [5.41, 5.74) is 0.660. The number of halogens is 1. The van der Waals surface area contributed by atoms with Gasteiger partial charge in [0.2, 0.25) is 5.91 Å². The number of carbonyl (C=O) groups is 2. The summed E-state index contributed by atoms with van der Waals surface area (Å²) in [7, 11) is 3.33. The lowest BCUT2D eigenvalue weighted by Crippen LogP contribution is -2.27. The number of anilines is 1. The summed E-state index contributed by atoms with van der Waals surface area (Å²) in [6.07, 6.45) is 0.345. The molecule has 0 bridgehead atoms. The number of nitrogens with one attached hydrogen (secondary N) is 1. The predicted molar refractivity (Wildman–Crippen MR) is 101 cm³/mol. The summed E-state index contributed by atoms with van der Waals surface area (Å²) in [5.74, 6) is 0.665. The van der Waals surface area contributed by atoms with Crippen LogP contribution in [0.5, 0.6) is 5.75 Å². The lowest BCUT2D eigenvalue weighted by atomic mass is 10.3. The maximum Gasteiger partial charge on any atom is 0.259 e. The molecule has 5 nitrogen and oxygen atoms in total. The molecule has 0 radical (unpaired) electrons. The summed E-state index contributed by atoms with van der Waals surface area (Å²) < 4.78 is 18.2. The Morgan fingerprint density at radius 1 is 1.08 bits per heavy atom. The van der Waals surface area contributed by atoms with E-state index in [1.165, 1.54) is 28.8 Å². The van der Waals surface area contributed by atoms with Gasteiger partial charge in [-0.3, -0.25) is 9.59 Å². The van der Waals surface area contributed by atoms with Crippen LogP contribution in [0.4, 0.5) is 10.1 Å². The molecule has 2 rings (SSSR count). The zero-order chi connectivity index (χ0) is 18.9. The van der Waals surface area contributed by atoms with Gasteiger partial charge < -0.3 is 15.0 Å². The first-order valence-corrected chi connectivity index (χ1v) is 9.04. The van der Waals surface area contributed by atoms with Gasteiger partial charge in [0.1, 0.15) is 11.6 Å². The van der Waals surface area contributed by atoms with Crippen LogP contribution in [0.25, 0.3) is 0 Å². The molecule has 2 amide bonds. The zero-order valence-corrected chi connectivity index (χ0v) is 15.5. The maximum absolute atomic E-state index is 12.8. The van der Waals surface area contributed by atoms with Crippen LogP contribution >= 0.6 is 11.8 Å². The summed E-state index contributed by atoms with van der Waals surface area (Å²) in [4.78, 5) is 25.8. The molecule has 0 heterocycles. The second-order valence-electron chi connectivity index (χ2n) is 5.70. The Morgan fingerprint density at radius 3 is 2.35 bits per heavy atom. The molecule has 0 aliphatic rings. The first-order chi connectivity index (χ1) is 12.4. The van der Waals surface area contributed by atoms with E-state index < -0.39 is 0 Å². The normalized spacial score (nSPS) is 10.3. The minimum atomic E-state index is -0.273. The number of rotatable bonds is 8. The number of ether oxygens (including phenoxy) is 1. The number of amides is 2. The molecule has 0 saturated carbocycles. The first-order valence-electron chi connectivity index (χ1n) is 8.05. The number of nitrogens with zero attached hydrogens (tertiary/aromatic N) is 1. The number of hydrogen-bond acceptors (Lipinski definition) is 4. The molecule has 1 N–H and O–H groups in total. The van der Waals surface area contributed by atoms with E-state index in [0.29, 0.717) is 23.6 Å². The van der Waals surface area contributed by atoms with Crippen molar-refractivity contribution in [2.45, 2.75) is 11.3 Å². The predicted octanol–water partition coefficient (Wildman–Crippen LogP) is 3.41. The van der Waals surface area contributed by atoms with Gasteiger partial charge in [0.15, 0.2) is 6.61 Å². The van der Waals surface area contributed by atoms with Crippen LogP contribution in [-0.2, 0) is 9.59 Å². The van der Waals surface area contributed by atoms with Crippen LogP contribution in [-0.4, -0.2) is 43.2 Å². The van der Waals surface area contributed by atoms with E-state index in [9.17, 15) is 14.0 Å². The topological polar surface area (TPSA) is 58.6 Å². The molecule has 0 atom stereocenters. The summed E-state index contributed by atoms with van der Waals surface area (Å²) in [6.45, 7) is -0.0285. The Hall–Kier alpha value is -2.54. The molecule has 7 heteroatoms. The van der Waals surface area contributed by atoms with Gasteiger partial charge in [-0.15, -0.1) is 11.8 Å². The van der Waals surface area contributed by atoms with E-state index in [-0.39, 0.29) is 24.2 Å². The Balaban J connectivity index is 1.73. The lowest BCUT2D eigenvalue weighted by Gasteiger charge is -2.11. The van der Waals surface area contributed by atoms with E-state index >= 15 is 0 Å². The third-order valence-corrected chi connectivity index (χ3v) is 4.42. The average Bonchev–Trinajstić information content (AvgIpc) is 2.62. The fourth-order valence-corrected chi connectivity index (χ4v) is 2.78. The fourth-order valence-electron chi connectivity index (χ4n) is 1.92. The van der Waals surface area contributed by atoms with Crippen LogP contribution in [0.1, 0.15) is 6.42 Å². The monoisotopic (exact) mass is 376 g/mol. The van der Waals surface area contributed by atoms with Crippen LogP contribution in [0.15, 0.2) is 53.4 Å². The molecule has 138 valence electrons. The van der Waals surface area contributed by atoms with E-state index in [1.54, 1.807) is 50.5 Å². The maximum atomic E-state index is 12.8. The van der Waals surface area contributed by atoms with Gasteiger partial charge in [0.25, 0.3) is 5.91 Å². The minimum absolute atomic E-state index is 0.0285. The molecule has 0 aromatic heterocycles. The average molecular weight is 376 g/mol. The summed E-state index contributed by atoms with van der Waals surface area (Å²) >= 11 is 1.50. The molecule has 0 spiro atoms. The van der Waals surface area contributed by atoms with Crippen LogP contribution in [0, 0.1) is 5.82 Å². The van der Waals surface area contributed by atoms with Gasteiger partial charge in [-0.25, -0.2) is 4.39 Å². The van der Waals surface area contributed by atoms with Gasteiger partial charge in [-0.2, -0.15) is 0 Å². The second kappa shape index (κ2) is 9.82. The highest BCUT2D eigenvalue weighted by molar-refractivity contribution is 7.99. The van der Waals surface area contributed by atoms with Crippen molar-refractivity contribution in [1.29, 1.82) is 0 Å². The number of hydrogen-bond donors (Lipinski definition) is 1. The Kier molecular flexibility index (Phi) is 7.47. The zero-order valence-electron chi connectivity index (χ0n) is 14.7. The van der Waals surface area contributed by atoms with Crippen molar-refractivity contribution in [3.05, 3.63) is 54.3 Å². The van der Waals surface area contributed by atoms with Crippen LogP contribution < -0.4 is 10.1 Å². The van der Waals surface area contributed by atoms with Gasteiger partial charge >= 0.3 is 0 Å². The highest BCUT2D eigenvalue weighted by atomic mass is 32.2. The molecule has 0 saturated heterocycles. The van der Waals surface area contributed by atoms with Gasteiger partial charge in [-0.1, -0.05) is 0 Å². The summed E-state index contributed by atoms with van der Waals surface area (Å²) in [5, 5.41) is 2.80.